The van der Waals surface area contributed by atoms with Crippen molar-refractivity contribution in [2.24, 2.45) is 0 Å². The maximum absolute atomic E-state index is 9.41. The van der Waals surface area contributed by atoms with E-state index in [1.54, 1.807) is 13.1 Å². The highest BCUT2D eigenvalue weighted by molar-refractivity contribution is 5.68. The highest BCUT2D eigenvalue weighted by Crippen LogP contribution is 2.40. The summed E-state index contributed by atoms with van der Waals surface area (Å²) in [4.78, 5) is 8.52. The summed E-state index contributed by atoms with van der Waals surface area (Å²) in [7, 11) is 0. The van der Waals surface area contributed by atoms with Crippen molar-refractivity contribution < 1.29 is 9.52 Å². The average Bonchev–Trinajstić information content (AvgIpc) is 2.97. The molecule has 4 heteroatoms. The molecule has 1 fully saturated rings. The summed E-state index contributed by atoms with van der Waals surface area (Å²) >= 11 is 0. The van der Waals surface area contributed by atoms with Crippen LogP contribution in [0.1, 0.15) is 43.2 Å². The number of aliphatic hydroxyl groups excluding tert-OH is 1. The van der Waals surface area contributed by atoms with Crippen LogP contribution in [0.25, 0.3) is 11.2 Å². The Morgan fingerprint density at radius 2 is 2.33 bits per heavy atom. The normalized spacial score (nSPS) is 18.3. The largest absolute Gasteiger partial charge is 0.422 e. The summed E-state index contributed by atoms with van der Waals surface area (Å²) < 4.78 is 5.52. The van der Waals surface area contributed by atoms with Gasteiger partial charge in [-0.05, 0) is 25.8 Å². The number of hydrogen-bond acceptors (Lipinski definition) is 4. The number of oxazole rings is 1. The minimum absolute atomic E-state index is 0.495. The van der Waals surface area contributed by atoms with Gasteiger partial charge < -0.3 is 9.52 Å². The van der Waals surface area contributed by atoms with E-state index in [-0.39, 0.29) is 0 Å². The smallest absolute Gasteiger partial charge is 0.246 e. The van der Waals surface area contributed by atoms with Gasteiger partial charge in [-0.25, -0.2) is 9.97 Å². The Morgan fingerprint density at radius 1 is 1.53 bits per heavy atom. The van der Waals surface area contributed by atoms with Gasteiger partial charge in [-0.3, -0.25) is 0 Å². The van der Waals surface area contributed by atoms with Crippen LogP contribution in [0.3, 0.4) is 0 Å². The number of fused-ring (bicyclic) bond motifs is 1. The van der Waals surface area contributed by atoms with E-state index in [9.17, 15) is 5.11 Å². The second kappa shape index (κ2) is 3.03. The zero-order chi connectivity index (χ0) is 10.4. The molecule has 1 aliphatic rings. The van der Waals surface area contributed by atoms with E-state index in [0.717, 1.165) is 29.8 Å². The van der Waals surface area contributed by atoms with Gasteiger partial charge in [-0.15, -0.1) is 0 Å². The van der Waals surface area contributed by atoms with Crippen LogP contribution in [0.15, 0.2) is 16.7 Å². The molecule has 2 aromatic rings. The Kier molecular flexibility index (Phi) is 1.79. The topological polar surface area (TPSA) is 59.2 Å². The van der Waals surface area contributed by atoms with Crippen LogP contribution in [0.2, 0.25) is 0 Å². The quantitative estimate of drug-likeness (QED) is 0.814. The number of aliphatic hydroxyl groups is 1. The van der Waals surface area contributed by atoms with Gasteiger partial charge in [0.1, 0.15) is 5.52 Å². The molecule has 0 amide bonds. The van der Waals surface area contributed by atoms with Crippen molar-refractivity contribution in [3.8, 4) is 0 Å². The predicted octanol–water partition coefficient (Wildman–Crippen LogP) is 2.15. The molecular formula is C11H12N2O2. The lowest BCUT2D eigenvalue weighted by Gasteiger charge is -2.01. The van der Waals surface area contributed by atoms with Crippen LogP contribution in [0, 0.1) is 0 Å². The number of pyridine rings is 1. The molecule has 1 N–H and O–H groups in total. The lowest BCUT2D eigenvalue weighted by atomic mass is 10.2. The van der Waals surface area contributed by atoms with E-state index >= 15 is 0 Å². The Labute approximate surface area is 87.0 Å². The third-order valence-corrected chi connectivity index (χ3v) is 2.69. The fourth-order valence-corrected chi connectivity index (χ4v) is 1.59. The Bertz CT molecular complexity index is 500. The van der Waals surface area contributed by atoms with Crippen LogP contribution >= 0.6 is 0 Å². The van der Waals surface area contributed by atoms with Crippen molar-refractivity contribution in [2.75, 3.05) is 0 Å². The second-order valence-electron chi connectivity index (χ2n) is 4.10. The summed E-state index contributed by atoms with van der Waals surface area (Å²) in [6.07, 6.45) is 3.45. The van der Waals surface area contributed by atoms with E-state index < -0.39 is 6.10 Å². The standard InChI is InChI=1S/C11H12N2O2/c1-6(14)8-4-9-11(12-5-8)15-10(13-9)7-2-3-7/h4-7,14H,2-3H2,1H3. The molecular weight excluding hydrogens is 192 g/mol. The molecule has 1 atom stereocenters. The molecule has 78 valence electrons. The monoisotopic (exact) mass is 204 g/mol. The van der Waals surface area contributed by atoms with Gasteiger partial charge in [0.05, 0.1) is 6.10 Å². The first-order valence-corrected chi connectivity index (χ1v) is 5.18. The maximum atomic E-state index is 9.41. The van der Waals surface area contributed by atoms with Gasteiger partial charge >= 0.3 is 0 Å². The Hall–Kier alpha value is -1.42. The first kappa shape index (κ1) is 8.85. The van der Waals surface area contributed by atoms with Gasteiger partial charge in [0, 0.05) is 17.7 Å². The molecule has 3 rings (SSSR count). The minimum atomic E-state index is -0.511. The third-order valence-electron chi connectivity index (χ3n) is 2.69. The van der Waals surface area contributed by atoms with Crippen molar-refractivity contribution in [2.45, 2.75) is 31.8 Å². The van der Waals surface area contributed by atoms with Crippen LogP contribution in [-0.2, 0) is 0 Å². The van der Waals surface area contributed by atoms with Gasteiger partial charge in [-0.1, -0.05) is 0 Å². The van der Waals surface area contributed by atoms with E-state index in [2.05, 4.69) is 9.97 Å². The van der Waals surface area contributed by atoms with E-state index in [4.69, 9.17) is 4.42 Å². The van der Waals surface area contributed by atoms with Gasteiger partial charge in [-0.2, -0.15) is 0 Å². The Morgan fingerprint density at radius 3 is 3.00 bits per heavy atom. The van der Waals surface area contributed by atoms with Gasteiger partial charge in [0.15, 0.2) is 0 Å². The summed E-state index contributed by atoms with van der Waals surface area (Å²) in [5, 5.41) is 9.41. The summed E-state index contributed by atoms with van der Waals surface area (Å²) in [6.45, 7) is 1.71. The van der Waals surface area contributed by atoms with Crippen molar-refractivity contribution in [1.29, 1.82) is 0 Å². The lowest BCUT2D eigenvalue weighted by molar-refractivity contribution is 0.199. The fourth-order valence-electron chi connectivity index (χ4n) is 1.59. The molecule has 0 radical (unpaired) electrons. The third kappa shape index (κ3) is 1.51. The van der Waals surface area contributed by atoms with E-state index in [1.807, 2.05) is 6.07 Å². The molecule has 2 heterocycles. The minimum Gasteiger partial charge on any atom is -0.422 e. The van der Waals surface area contributed by atoms with Crippen molar-refractivity contribution in [3.05, 3.63) is 23.7 Å². The highest BCUT2D eigenvalue weighted by atomic mass is 16.4. The van der Waals surface area contributed by atoms with Gasteiger partial charge in [0.2, 0.25) is 11.6 Å². The first-order chi connectivity index (χ1) is 7.24. The lowest BCUT2D eigenvalue weighted by Crippen LogP contribution is -1.91. The number of hydrogen-bond donors (Lipinski definition) is 1. The van der Waals surface area contributed by atoms with Crippen molar-refractivity contribution >= 4 is 11.2 Å². The molecule has 0 aliphatic heterocycles. The molecule has 15 heavy (non-hydrogen) atoms. The molecule has 4 nitrogen and oxygen atoms in total. The van der Waals surface area contributed by atoms with Crippen LogP contribution in [0.4, 0.5) is 0 Å². The number of aromatic nitrogens is 2. The molecule has 0 bridgehead atoms. The van der Waals surface area contributed by atoms with E-state index in [0.29, 0.717) is 11.6 Å². The van der Waals surface area contributed by atoms with Crippen LogP contribution < -0.4 is 0 Å². The van der Waals surface area contributed by atoms with Gasteiger partial charge in [0.25, 0.3) is 0 Å². The molecule has 0 spiro atoms. The average molecular weight is 204 g/mol. The fraction of sp³-hybridized carbons (Fsp3) is 0.455. The zero-order valence-corrected chi connectivity index (χ0v) is 8.47. The Balaban J connectivity index is 2.09. The molecule has 0 aromatic carbocycles. The summed E-state index contributed by atoms with van der Waals surface area (Å²) in [5.74, 6) is 1.29. The molecule has 0 saturated heterocycles. The van der Waals surface area contributed by atoms with E-state index in [1.165, 1.54) is 0 Å². The zero-order valence-electron chi connectivity index (χ0n) is 8.47. The second-order valence-corrected chi connectivity index (χ2v) is 4.10. The summed E-state index contributed by atoms with van der Waals surface area (Å²) in [5.41, 5.74) is 2.09. The highest BCUT2D eigenvalue weighted by Gasteiger charge is 2.29. The number of nitrogens with zero attached hydrogens (tertiary/aromatic N) is 2. The molecule has 2 aromatic heterocycles. The van der Waals surface area contributed by atoms with Crippen LogP contribution in [-0.4, -0.2) is 15.1 Å². The van der Waals surface area contributed by atoms with Crippen LogP contribution in [0.5, 0.6) is 0 Å². The maximum Gasteiger partial charge on any atom is 0.246 e. The number of rotatable bonds is 2. The SMILES string of the molecule is CC(O)c1cnc2oc(C3CC3)nc2c1. The molecule has 1 aliphatic carbocycles. The molecule has 1 unspecified atom stereocenters. The predicted molar refractivity (Wildman–Crippen MR) is 54.4 cm³/mol. The first-order valence-electron chi connectivity index (χ1n) is 5.18. The molecule has 1 saturated carbocycles. The van der Waals surface area contributed by atoms with Crippen molar-refractivity contribution in [3.63, 3.8) is 0 Å². The van der Waals surface area contributed by atoms with Crippen molar-refractivity contribution in [1.82, 2.24) is 9.97 Å². The summed E-state index contributed by atoms with van der Waals surface area (Å²) in [6, 6.07) is 1.84.